The lowest BCUT2D eigenvalue weighted by Crippen LogP contribution is -2.46. The highest BCUT2D eigenvalue weighted by atomic mass is 16.5. The van der Waals surface area contributed by atoms with Gasteiger partial charge in [-0.05, 0) is 43.3 Å². The first-order valence-electron chi connectivity index (χ1n) is 10.9. The zero-order valence-electron chi connectivity index (χ0n) is 18.4. The van der Waals surface area contributed by atoms with E-state index in [4.69, 9.17) is 14.2 Å². The second kappa shape index (κ2) is 10.5. The summed E-state index contributed by atoms with van der Waals surface area (Å²) >= 11 is 0. The fraction of sp³-hybridized carbons (Fsp3) is 0.231. The van der Waals surface area contributed by atoms with Crippen LogP contribution in [0.15, 0.2) is 78.9 Å². The molecule has 0 spiro atoms. The minimum Gasteiger partial charge on any atom is -0.493 e. The Balaban J connectivity index is 1.35. The van der Waals surface area contributed by atoms with Crippen LogP contribution in [0.5, 0.6) is 17.2 Å². The van der Waals surface area contributed by atoms with E-state index in [0.29, 0.717) is 30.3 Å². The Labute approximate surface area is 192 Å². The zero-order chi connectivity index (χ0) is 23.0. The van der Waals surface area contributed by atoms with Gasteiger partial charge in [0.1, 0.15) is 23.9 Å². The van der Waals surface area contributed by atoms with Crippen molar-refractivity contribution >= 4 is 23.2 Å². The van der Waals surface area contributed by atoms with E-state index in [9.17, 15) is 9.59 Å². The molecule has 1 aliphatic rings. The summed E-state index contributed by atoms with van der Waals surface area (Å²) in [7, 11) is 0. The molecule has 1 N–H and O–H groups in total. The number of amides is 2. The topological polar surface area (TPSA) is 77.1 Å². The molecule has 2 amide bonds. The number of para-hydroxylation sites is 2. The van der Waals surface area contributed by atoms with E-state index in [2.05, 4.69) is 5.32 Å². The minimum atomic E-state index is -0.626. The van der Waals surface area contributed by atoms with E-state index in [-0.39, 0.29) is 24.8 Å². The SMILES string of the molecule is CC1Oc2cc(NC(=O)CCOc3ccccc3)ccc2N(CCOc2ccccc2)C1=O. The van der Waals surface area contributed by atoms with Crippen LogP contribution in [0.3, 0.4) is 0 Å². The molecule has 1 aliphatic heterocycles. The average Bonchev–Trinajstić information content (AvgIpc) is 2.83. The van der Waals surface area contributed by atoms with E-state index in [1.807, 2.05) is 60.7 Å². The van der Waals surface area contributed by atoms with Gasteiger partial charge in [0.15, 0.2) is 6.10 Å². The average molecular weight is 447 g/mol. The number of ether oxygens (including phenoxy) is 3. The Bertz CT molecular complexity index is 1090. The smallest absolute Gasteiger partial charge is 0.267 e. The largest absolute Gasteiger partial charge is 0.493 e. The van der Waals surface area contributed by atoms with Crippen molar-refractivity contribution in [3.05, 3.63) is 78.9 Å². The molecule has 4 rings (SSSR count). The molecule has 7 heteroatoms. The van der Waals surface area contributed by atoms with Gasteiger partial charge in [0.2, 0.25) is 5.91 Å². The Hall–Kier alpha value is -4.00. The van der Waals surface area contributed by atoms with Gasteiger partial charge in [-0.15, -0.1) is 0 Å². The van der Waals surface area contributed by atoms with Gasteiger partial charge in [-0.2, -0.15) is 0 Å². The van der Waals surface area contributed by atoms with Crippen molar-refractivity contribution in [1.29, 1.82) is 0 Å². The Morgan fingerprint density at radius 1 is 0.939 bits per heavy atom. The van der Waals surface area contributed by atoms with Crippen molar-refractivity contribution in [2.45, 2.75) is 19.4 Å². The van der Waals surface area contributed by atoms with Gasteiger partial charge in [0, 0.05) is 11.8 Å². The molecule has 0 saturated carbocycles. The third kappa shape index (κ3) is 5.83. The van der Waals surface area contributed by atoms with E-state index in [1.165, 1.54) is 0 Å². The fourth-order valence-corrected chi connectivity index (χ4v) is 3.49. The maximum absolute atomic E-state index is 12.7. The van der Waals surface area contributed by atoms with Gasteiger partial charge >= 0.3 is 0 Å². The molecule has 3 aromatic carbocycles. The molecule has 33 heavy (non-hydrogen) atoms. The molecule has 0 aliphatic carbocycles. The van der Waals surface area contributed by atoms with Gasteiger partial charge < -0.3 is 24.4 Å². The first-order valence-corrected chi connectivity index (χ1v) is 10.9. The fourth-order valence-electron chi connectivity index (χ4n) is 3.49. The number of rotatable bonds is 9. The van der Waals surface area contributed by atoms with Crippen LogP contribution in [-0.4, -0.2) is 37.7 Å². The van der Waals surface area contributed by atoms with Crippen LogP contribution in [-0.2, 0) is 9.59 Å². The standard InChI is InChI=1S/C26H26N2O5/c1-19-26(30)28(15-17-32-22-10-6-3-7-11-22)23-13-12-20(18-24(23)33-19)27-25(29)14-16-31-21-8-4-2-5-9-21/h2-13,18-19H,14-17H2,1H3,(H,27,29). The molecule has 0 saturated heterocycles. The summed E-state index contributed by atoms with van der Waals surface area (Å²) in [6.45, 7) is 2.72. The molecule has 170 valence electrons. The third-order valence-corrected chi connectivity index (χ3v) is 5.12. The van der Waals surface area contributed by atoms with Gasteiger partial charge in [-0.25, -0.2) is 0 Å². The van der Waals surface area contributed by atoms with E-state index in [1.54, 1.807) is 30.0 Å². The Morgan fingerprint density at radius 3 is 2.24 bits per heavy atom. The summed E-state index contributed by atoms with van der Waals surface area (Å²) in [6.07, 6.45) is -0.413. The van der Waals surface area contributed by atoms with Gasteiger partial charge in [0.25, 0.3) is 5.91 Å². The first kappa shape index (κ1) is 22.2. The number of benzene rings is 3. The van der Waals surface area contributed by atoms with E-state index < -0.39 is 6.10 Å². The van der Waals surface area contributed by atoms with Crippen molar-refractivity contribution in [1.82, 2.24) is 0 Å². The second-order valence-corrected chi connectivity index (χ2v) is 7.55. The molecule has 1 atom stereocenters. The molecule has 0 fully saturated rings. The summed E-state index contributed by atoms with van der Waals surface area (Å²) in [5.74, 6) is 1.72. The number of carbonyl (C=O) groups excluding carboxylic acids is 2. The van der Waals surface area contributed by atoms with Gasteiger partial charge in [0.05, 0.1) is 25.3 Å². The summed E-state index contributed by atoms with van der Waals surface area (Å²) in [6, 6.07) is 24.1. The molecule has 3 aromatic rings. The predicted octanol–water partition coefficient (Wildman–Crippen LogP) is 4.29. The number of fused-ring (bicyclic) bond motifs is 1. The van der Waals surface area contributed by atoms with Crippen molar-refractivity contribution < 1.29 is 23.8 Å². The lowest BCUT2D eigenvalue weighted by Gasteiger charge is -2.33. The number of hydrogen-bond acceptors (Lipinski definition) is 5. The van der Waals surface area contributed by atoms with Gasteiger partial charge in [-0.1, -0.05) is 36.4 Å². The monoisotopic (exact) mass is 446 g/mol. The second-order valence-electron chi connectivity index (χ2n) is 7.55. The van der Waals surface area contributed by atoms with Crippen molar-refractivity contribution in [2.75, 3.05) is 30.0 Å². The number of nitrogens with one attached hydrogen (secondary N) is 1. The molecule has 0 aromatic heterocycles. The van der Waals surface area contributed by atoms with Crippen LogP contribution in [0.1, 0.15) is 13.3 Å². The Morgan fingerprint density at radius 2 is 1.58 bits per heavy atom. The van der Waals surface area contributed by atoms with Crippen molar-refractivity contribution in [3.8, 4) is 17.2 Å². The van der Waals surface area contributed by atoms with Crippen LogP contribution in [0.2, 0.25) is 0 Å². The van der Waals surface area contributed by atoms with Crippen LogP contribution in [0, 0.1) is 0 Å². The molecule has 0 bridgehead atoms. The first-order chi connectivity index (χ1) is 16.1. The molecule has 1 heterocycles. The van der Waals surface area contributed by atoms with E-state index >= 15 is 0 Å². The van der Waals surface area contributed by atoms with Crippen LogP contribution < -0.4 is 24.4 Å². The number of carbonyl (C=O) groups is 2. The highest BCUT2D eigenvalue weighted by molar-refractivity contribution is 6.00. The summed E-state index contributed by atoms with van der Waals surface area (Å²) < 4.78 is 17.1. The quantitative estimate of drug-likeness (QED) is 0.531. The number of hydrogen-bond donors (Lipinski definition) is 1. The maximum atomic E-state index is 12.7. The molecule has 1 unspecified atom stereocenters. The van der Waals surface area contributed by atoms with E-state index in [0.717, 1.165) is 11.5 Å². The summed E-state index contributed by atoms with van der Waals surface area (Å²) in [5.41, 5.74) is 1.25. The van der Waals surface area contributed by atoms with Crippen LogP contribution in [0.4, 0.5) is 11.4 Å². The van der Waals surface area contributed by atoms with Crippen LogP contribution >= 0.6 is 0 Å². The molecule has 0 radical (unpaired) electrons. The highest BCUT2D eigenvalue weighted by Gasteiger charge is 2.31. The zero-order valence-corrected chi connectivity index (χ0v) is 18.4. The summed E-state index contributed by atoms with van der Waals surface area (Å²) in [5, 5.41) is 2.86. The Kier molecular flexibility index (Phi) is 7.09. The lowest BCUT2D eigenvalue weighted by molar-refractivity contribution is -0.125. The van der Waals surface area contributed by atoms with Crippen molar-refractivity contribution in [2.24, 2.45) is 0 Å². The van der Waals surface area contributed by atoms with Gasteiger partial charge in [-0.3, -0.25) is 9.59 Å². The lowest BCUT2D eigenvalue weighted by atomic mass is 10.1. The number of anilines is 2. The molecule has 7 nitrogen and oxygen atoms in total. The third-order valence-electron chi connectivity index (χ3n) is 5.12. The van der Waals surface area contributed by atoms with Crippen molar-refractivity contribution in [3.63, 3.8) is 0 Å². The normalized spacial score (nSPS) is 14.8. The molecular formula is C26H26N2O5. The predicted molar refractivity (Wildman–Crippen MR) is 126 cm³/mol. The highest BCUT2D eigenvalue weighted by Crippen LogP contribution is 2.36. The van der Waals surface area contributed by atoms with Crippen LogP contribution in [0.25, 0.3) is 0 Å². The maximum Gasteiger partial charge on any atom is 0.267 e. The molecular weight excluding hydrogens is 420 g/mol. The number of nitrogens with zero attached hydrogens (tertiary/aromatic N) is 1. The summed E-state index contributed by atoms with van der Waals surface area (Å²) in [4.78, 5) is 26.7. The minimum absolute atomic E-state index is 0.131.